The van der Waals surface area contributed by atoms with Crippen LogP contribution in [0.3, 0.4) is 0 Å². The van der Waals surface area contributed by atoms with Crippen LogP contribution in [-0.4, -0.2) is 4.57 Å². The Balaban J connectivity index is 1.64. The minimum atomic E-state index is 0.456. The Morgan fingerprint density at radius 3 is 2.32 bits per heavy atom. The summed E-state index contributed by atoms with van der Waals surface area (Å²) in [7, 11) is 0. The molecule has 31 heavy (non-hydrogen) atoms. The molecule has 0 saturated heterocycles. The van der Waals surface area contributed by atoms with Gasteiger partial charge in [0.2, 0.25) is 0 Å². The molecule has 0 atom stereocenters. The second-order valence-electron chi connectivity index (χ2n) is 9.32. The van der Waals surface area contributed by atoms with Gasteiger partial charge in [0.25, 0.3) is 5.82 Å². The van der Waals surface area contributed by atoms with Gasteiger partial charge >= 0.3 is 0 Å². The third-order valence-corrected chi connectivity index (χ3v) is 6.66. The molecule has 0 spiro atoms. The van der Waals surface area contributed by atoms with Crippen molar-refractivity contribution in [3.63, 3.8) is 0 Å². The molecular formula is C28H27N2O+. The molecule has 0 bridgehead atoms. The van der Waals surface area contributed by atoms with Crippen molar-refractivity contribution in [3.8, 4) is 17.1 Å². The molecule has 0 fully saturated rings. The van der Waals surface area contributed by atoms with Crippen LogP contribution in [0.1, 0.15) is 56.2 Å². The van der Waals surface area contributed by atoms with Crippen molar-refractivity contribution < 1.29 is 8.98 Å². The normalized spacial score (nSPS) is 13.0. The van der Waals surface area contributed by atoms with Crippen LogP contribution in [-0.2, 0) is 6.54 Å². The Morgan fingerprint density at radius 1 is 0.839 bits per heavy atom. The molecule has 1 aliphatic heterocycles. The monoisotopic (exact) mass is 407 g/mol. The number of para-hydroxylation sites is 2. The van der Waals surface area contributed by atoms with Gasteiger partial charge in [-0.15, -0.1) is 0 Å². The van der Waals surface area contributed by atoms with Gasteiger partial charge in [-0.25, -0.2) is 4.57 Å². The van der Waals surface area contributed by atoms with Gasteiger partial charge in [-0.05, 0) is 30.0 Å². The highest BCUT2D eigenvalue weighted by Gasteiger charge is 2.33. The van der Waals surface area contributed by atoms with E-state index >= 15 is 0 Å². The zero-order valence-corrected chi connectivity index (χ0v) is 18.5. The van der Waals surface area contributed by atoms with Gasteiger partial charge in [-0.1, -0.05) is 64.1 Å². The molecule has 3 aromatic carbocycles. The lowest BCUT2D eigenvalue weighted by Crippen LogP contribution is -2.30. The number of hydrogen-bond donors (Lipinski definition) is 0. The zero-order chi connectivity index (χ0) is 21.3. The lowest BCUT2D eigenvalue weighted by atomic mass is 9.92. The SMILES string of the molecule is CC(C)c1cccc(C(C)C)c1-n1cc[n+]2c1-c1cc3c(cc1C2)oc1ccccc13. The summed E-state index contributed by atoms with van der Waals surface area (Å²) >= 11 is 0. The Morgan fingerprint density at radius 2 is 1.58 bits per heavy atom. The summed E-state index contributed by atoms with van der Waals surface area (Å²) in [6.45, 7) is 10.0. The van der Waals surface area contributed by atoms with Crippen LogP contribution in [0, 0.1) is 0 Å². The van der Waals surface area contributed by atoms with E-state index < -0.39 is 0 Å². The number of aromatic nitrogens is 2. The minimum absolute atomic E-state index is 0.456. The predicted octanol–water partition coefficient (Wildman–Crippen LogP) is 6.94. The molecule has 3 heterocycles. The van der Waals surface area contributed by atoms with Crippen LogP contribution < -0.4 is 4.57 Å². The first-order valence-corrected chi connectivity index (χ1v) is 11.2. The maximum Gasteiger partial charge on any atom is 0.294 e. The fourth-order valence-corrected chi connectivity index (χ4v) is 5.15. The summed E-state index contributed by atoms with van der Waals surface area (Å²) in [4.78, 5) is 0. The second kappa shape index (κ2) is 6.58. The van der Waals surface area contributed by atoms with Gasteiger partial charge in [0, 0.05) is 27.5 Å². The summed E-state index contributed by atoms with van der Waals surface area (Å²) in [5.74, 6) is 2.17. The molecule has 154 valence electrons. The van der Waals surface area contributed by atoms with E-state index in [0.29, 0.717) is 11.8 Å². The first kappa shape index (κ1) is 18.4. The summed E-state index contributed by atoms with van der Waals surface area (Å²) in [6.07, 6.45) is 4.46. The number of furan rings is 1. The van der Waals surface area contributed by atoms with Gasteiger partial charge in [0.05, 0.1) is 5.56 Å². The first-order valence-electron chi connectivity index (χ1n) is 11.2. The molecule has 0 amide bonds. The highest BCUT2D eigenvalue weighted by molar-refractivity contribution is 6.06. The van der Waals surface area contributed by atoms with E-state index in [1.54, 1.807) is 0 Å². The zero-order valence-electron chi connectivity index (χ0n) is 18.5. The van der Waals surface area contributed by atoms with Gasteiger partial charge < -0.3 is 4.42 Å². The van der Waals surface area contributed by atoms with E-state index in [1.807, 2.05) is 6.07 Å². The molecule has 6 rings (SSSR count). The fourth-order valence-electron chi connectivity index (χ4n) is 5.15. The molecule has 3 heteroatoms. The minimum Gasteiger partial charge on any atom is -0.456 e. The van der Waals surface area contributed by atoms with E-state index in [4.69, 9.17) is 4.42 Å². The van der Waals surface area contributed by atoms with Crippen molar-refractivity contribution in [2.45, 2.75) is 46.1 Å². The summed E-state index contributed by atoms with van der Waals surface area (Å²) in [6, 6.07) is 19.7. The Labute approximate surface area is 182 Å². The highest BCUT2D eigenvalue weighted by atomic mass is 16.3. The molecule has 0 N–H and O–H groups in total. The molecule has 3 nitrogen and oxygen atoms in total. The summed E-state index contributed by atoms with van der Waals surface area (Å²) in [5.41, 5.74) is 8.69. The number of hydrogen-bond acceptors (Lipinski definition) is 1. The molecule has 0 aliphatic carbocycles. The number of benzene rings is 3. The van der Waals surface area contributed by atoms with E-state index in [1.165, 1.54) is 44.5 Å². The molecule has 0 unspecified atom stereocenters. The third-order valence-electron chi connectivity index (χ3n) is 6.66. The average Bonchev–Trinajstić information content (AvgIpc) is 3.42. The second-order valence-corrected chi connectivity index (χ2v) is 9.32. The van der Waals surface area contributed by atoms with E-state index in [0.717, 1.165) is 17.7 Å². The third kappa shape index (κ3) is 2.62. The van der Waals surface area contributed by atoms with Crippen molar-refractivity contribution in [3.05, 3.63) is 83.7 Å². The summed E-state index contributed by atoms with van der Waals surface area (Å²) in [5, 5.41) is 2.37. The first-order chi connectivity index (χ1) is 15.0. The van der Waals surface area contributed by atoms with Crippen LogP contribution in [0.15, 0.2) is 71.4 Å². The topological polar surface area (TPSA) is 21.9 Å². The smallest absolute Gasteiger partial charge is 0.294 e. The van der Waals surface area contributed by atoms with Crippen LogP contribution in [0.2, 0.25) is 0 Å². The van der Waals surface area contributed by atoms with E-state index in [9.17, 15) is 0 Å². The van der Waals surface area contributed by atoms with Crippen molar-refractivity contribution in [2.24, 2.45) is 0 Å². The van der Waals surface area contributed by atoms with Crippen molar-refractivity contribution in [1.82, 2.24) is 4.57 Å². The molecular weight excluding hydrogens is 380 g/mol. The number of rotatable bonds is 3. The maximum atomic E-state index is 6.15. The van der Waals surface area contributed by atoms with Gasteiger partial charge in [-0.3, -0.25) is 0 Å². The lowest BCUT2D eigenvalue weighted by Gasteiger charge is -2.17. The molecule has 5 aromatic rings. The number of fused-ring (bicyclic) bond motifs is 6. The summed E-state index contributed by atoms with van der Waals surface area (Å²) < 4.78 is 10.9. The van der Waals surface area contributed by atoms with Crippen LogP contribution in [0.4, 0.5) is 0 Å². The fraction of sp³-hybridized carbons (Fsp3) is 0.250. The number of nitrogens with zero attached hydrogens (tertiary/aromatic N) is 2. The van der Waals surface area contributed by atoms with Crippen LogP contribution in [0.25, 0.3) is 39.0 Å². The van der Waals surface area contributed by atoms with Gasteiger partial charge in [0.1, 0.15) is 35.8 Å². The maximum absolute atomic E-state index is 6.15. The van der Waals surface area contributed by atoms with Gasteiger partial charge in [-0.2, -0.15) is 4.57 Å². The standard InChI is InChI=1S/C28H27N2O/c1-17(2)20-9-7-10-21(18(3)4)27(20)30-13-12-29-16-19-14-26-24(15-23(19)28(29)30)22-8-5-6-11-25(22)31-26/h5-15,17-18H,16H2,1-4H3/q+1. The average molecular weight is 408 g/mol. The molecule has 0 radical (unpaired) electrons. The highest BCUT2D eigenvalue weighted by Crippen LogP contribution is 2.39. The van der Waals surface area contributed by atoms with Crippen molar-refractivity contribution >= 4 is 21.9 Å². The van der Waals surface area contributed by atoms with Crippen molar-refractivity contribution in [1.29, 1.82) is 0 Å². The number of imidazole rings is 1. The van der Waals surface area contributed by atoms with E-state index in [-0.39, 0.29) is 0 Å². The Kier molecular flexibility index (Phi) is 3.92. The molecule has 0 saturated carbocycles. The predicted molar refractivity (Wildman–Crippen MR) is 126 cm³/mol. The van der Waals surface area contributed by atoms with E-state index in [2.05, 4.69) is 97.8 Å². The Hall–Kier alpha value is -3.33. The molecule has 2 aromatic heterocycles. The molecule has 1 aliphatic rings. The van der Waals surface area contributed by atoms with Crippen LogP contribution in [0.5, 0.6) is 0 Å². The largest absolute Gasteiger partial charge is 0.456 e. The van der Waals surface area contributed by atoms with Gasteiger partial charge in [0.15, 0.2) is 0 Å². The van der Waals surface area contributed by atoms with Crippen LogP contribution >= 0.6 is 0 Å². The Bertz CT molecular complexity index is 1440. The van der Waals surface area contributed by atoms with Crippen molar-refractivity contribution in [2.75, 3.05) is 0 Å². The quantitative estimate of drug-likeness (QED) is 0.291. The lowest BCUT2D eigenvalue weighted by molar-refractivity contribution is -0.671.